The molecule has 10 aromatic rings. The second kappa shape index (κ2) is 20.9. The summed E-state index contributed by atoms with van der Waals surface area (Å²) in [5.41, 5.74) is 12.1. The molecule has 398 valence electrons. The number of benzene rings is 10. The van der Waals surface area contributed by atoms with Crippen LogP contribution in [0.4, 0.5) is 0 Å². The lowest BCUT2D eigenvalue weighted by Gasteiger charge is -2.19. The molecule has 10 aromatic carbocycles. The Hall–Kier alpha value is -9.80. The fraction of sp³-hybridized carbons (Fsp3) is 0.143. The summed E-state index contributed by atoms with van der Waals surface area (Å²) in [4.78, 5) is 0. The third kappa shape index (κ3) is 9.70. The Kier molecular flexibility index (Phi) is 13.3. The summed E-state index contributed by atoms with van der Waals surface area (Å²) in [5.74, 6) is 0.0714. The summed E-state index contributed by atoms with van der Waals surface area (Å²) in [7, 11) is 0. The molecule has 10 nitrogen and oxygen atoms in total. The molecule has 10 N–H and O–H groups in total. The molecule has 0 amide bonds. The first-order chi connectivity index (χ1) is 38.7. The van der Waals surface area contributed by atoms with E-state index in [0.29, 0.717) is 122 Å². The fourth-order valence-corrected chi connectivity index (χ4v) is 11.9. The molecule has 20 bridgehead atoms. The third-order valence-corrected chi connectivity index (χ3v) is 16.3. The molecule has 80 heavy (non-hydrogen) atoms. The molecule has 0 aromatic heterocycles. The van der Waals surface area contributed by atoms with Gasteiger partial charge in [0.15, 0.2) is 0 Å². The van der Waals surface area contributed by atoms with Gasteiger partial charge in [0.1, 0.15) is 57.5 Å². The molecule has 0 aliphatic heterocycles. The van der Waals surface area contributed by atoms with E-state index in [1.54, 1.807) is 97.1 Å². The van der Waals surface area contributed by atoms with E-state index in [-0.39, 0.29) is 122 Å². The van der Waals surface area contributed by atoms with Gasteiger partial charge < -0.3 is 51.1 Å². The van der Waals surface area contributed by atoms with Gasteiger partial charge >= 0.3 is 0 Å². The van der Waals surface area contributed by atoms with Crippen LogP contribution in [0, 0.1) is 0 Å². The van der Waals surface area contributed by atoms with Crippen molar-refractivity contribution in [2.45, 2.75) is 64.2 Å². The van der Waals surface area contributed by atoms with Crippen LogP contribution in [0.3, 0.4) is 0 Å². The topological polar surface area (TPSA) is 202 Å². The van der Waals surface area contributed by atoms with Crippen LogP contribution in [0.15, 0.2) is 170 Å². The van der Waals surface area contributed by atoms with Gasteiger partial charge in [-0.1, -0.05) is 146 Å². The van der Waals surface area contributed by atoms with Crippen LogP contribution in [-0.2, 0) is 64.2 Å². The van der Waals surface area contributed by atoms with E-state index in [4.69, 9.17) is 0 Å². The van der Waals surface area contributed by atoms with Gasteiger partial charge in [0.2, 0.25) is 0 Å². The van der Waals surface area contributed by atoms with E-state index >= 15 is 0 Å². The maximum Gasteiger partial charge on any atom is 0.122 e. The molecule has 0 radical (unpaired) electrons. The molecule has 2 aliphatic rings. The van der Waals surface area contributed by atoms with E-state index in [1.165, 1.54) is 0 Å². The van der Waals surface area contributed by atoms with Crippen LogP contribution in [0.2, 0.25) is 0 Å². The Labute approximate surface area is 463 Å². The average Bonchev–Trinajstić information content (AvgIpc) is 3.45. The number of phenolic OH excluding ortho intramolecular Hbond substituents is 10. The SMILES string of the molecule is Oc1c2cccc1Cc1cccc(c1O)Cc1cc(-c3cc4c(O)c(c3)Cc3cccc(c3O)Cc3cccc(c3O)Cc3cccc(c3O)Cc3cccc(c3O)C4)cc(c1O)Cc1cccc(c1O)Cc1cccc(c1O)C2. The van der Waals surface area contributed by atoms with Crippen molar-refractivity contribution >= 4 is 0 Å². The molecule has 2 aliphatic carbocycles. The van der Waals surface area contributed by atoms with Crippen molar-refractivity contribution < 1.29 is 51.1 Å². The van der Waals surface area contributed by atoms with Gasteiger partial charge in [-0.25, -0.2) is 0 Å². The van der Waals surface area contributed by atoms with Gasteiger partial charge in [-0.15, -0.1) is 0 Å². The predicted octanol–water partition coefficient (Wildman–Crippen LogP) is 12.9. The minimum absolute atomic E-state index is 0.00460. The monoisotopic (exact) mass is 1060 g/mol. The standard InChI is InChI=1S/C70H58O10/c71-61-39-9-1-13-43(61)27-47-17-5-21-51(65(47)75)31-57-35-55(36-58(69(57)79)32-52-22-6-18-48(66(52)76)28-44-14-2-10-40(25-39)62(44)72)56-37-59-33-53-23-7-19-49(67(53)77)29-45-15-3-11-41(63(45)73)26-42-12-4-16-46(64(42)74)30-50-20-8-24-54(68(50)78)34-60(38-56)70(59)80/h1-24,35-38,71-80H,25-34H2. The second-order valence-electron chi connectivity index (χ2n) is 21.5. The van der Waals surface area contributed by atoms with Gasteiger partial charge in [0.05, 0.1) is 0 Å². The van der Waals surface area contributed by atoms with E-state index < -0.39 is 0 Å². The van der Waals surface area contributed by atoms with Crippen molar-refractivity contribution in [2.24, 2.45) is 0 Å². The zero-order valence-corrected chi connectivity index (χ0v) is 43.7. The lowest BCUT2D eigenvalue weighted by molar-refractivity contribution is 0.449. The first-order valence-electron chi connectivity index (χ1n) is 26.8. The van der Waals surface area contributed by atoms with Gasteiger partial charge in [-0.2, -0.15) is 0 Å². The average molecular weight is 1060 g/mol. The zero-order chi connectivity index (χ0) is 55.3. The molecule has 0 spiro atoms. The van der Waals surface area contributed by atoms with Crippen LogP contribution in [0.25, 0.3) is 11.1 Å². The highest BCUT2D eigenvalue weighted by Gasteiger charge is 2.24. The summed E-state index contributed by atoms with van der Waals surface area (Å²) >= 11 is 0. The van der Waals surface area contributed by atoms with E-state index in [9.17, 15) is 51.1 Å². The Bertz CT molecular complexity index is 3580. The highest BCUT2D eigenvalue weighted by molar-refractivity contribution is 5.73. The summed E-state index contributed by atoms with van der Waals surface area (Å²) in [6.45, 7) is 0. The maximum atomic E-state index is 12.4. The Morgan fingerprint density at radius 2 is 0.250 bits per heavy atom. The van der Waals surface area contributed by atoms with Gasteiger partial charge in [0.25, 0.3) is 0 Å². The molecule has 0 saturated heterocycles. The van der Waals surface area contributed by atoms with Gasteiger partial charge in [-0.3, -0.25) is 0 Å². The molecule has 0 atom stereocenters. The molecule has 10 heteroatoms. The Balaban J connectivity index is 1.03. The van der Waals surface area contributed by atoms with Crippen LogP contribution in [0.1, 0.15) is 111 Å². The number of hydrogen-bond acceptors (Lipinski definition) is 10. The molecule has 0 saturated carbocycles. The number of para-hydroxylation sites is 8. The van der Waals surface area contributed by atoms with Crippen molar-refractivity contribution in [3.8, 4) is 68.6 Å². The highest BCUT2D eigenvalue weighted by Crippen LogP contribution is 2.44. The maximum absolute atomic E-state index is 12.4. The normalized spacial score (nSPS) is 13.2. The Morgan fingerprint density at radius 1 is 0.150 bits per heavy atom. The summed E-state index contributed by atoms with van der Waals surface area (Å²) in [5, 5.41) is 120. The van der Waals surface area contributed by atoms with Crippen molar-refractivity contribution in [3.05, 3.63) is 281 Å². The highest BCUT2D eigenvalue weighted by atomic mass is 16.3. The Morgan fingerprint density at radius 3 is 0.375 bits per heavy atom. The molecule has 12 rings (SSSR count). The number of rotatable bonds is 1. The number of phenols is 10. The quantitative estimate of drug-likeness (QED) is 0.0754. The second-order valence-corrected chi connectivity index (χ2v) is 21.5. The lowest BCUT2D eigenvalue weighted by Crippen LogP contribution is -2.02. The minimum atomic E-state index is -0.0519. The summed E-state index contributed by atoms with van der Waals surface area (Å²) in [6, 6.07) is 50.8. The largest absolute Gasteiger partial charge is 0.507 e. The van der Waals surface area contributed by atoms with Crippen LogP contribution in [0.5, 0.6) is 57.5 Å². The molecule has 0 heterocycles. The fourth-order valence-electron chi connectivity index (χ4n) is 11.9. The third-order valence-electron chi connectivity index (χ3n) is 16.3. The first-order valence-corrected chi connectivity index (χ1v) is 26.8. The first kappa shape index (κ1) is 51.0. The van der Waals surface area contributed by atoms with E-state index in [0.717, 1.165) is 0 Å². The molecule has 0 unspecified atom stereocenters. The van der Waals surface area contributed by atoms with Crippen LogP contribution < -0.4 is 0 Å². The molecular weight excluding hydrogens is 1000 g/mol. The van der Waals surface area contributed by atoms with E-state index in [2.05, 4.69) is 0 Å². The summed E-state index contributed by atoms with van der Waals surface area (Å²) < 4.78 is 0. The predicted molar refractivity (Wildman–Crippen MR) is 308 cm³/mol. The number of hydrogen-bond donors (Lipinski definition) is 10. The smallest absolute Gasteiger partial charge is 0.122 e. The number of aromatic hydroxyl groups is 10. The minimum Gasteiger partial charge on any atom is -0.507 e. The van der Waals surface area contributed by atoms with Gasteiger partial charge in [-0.05, 0) is 147 Å². The van der Waals surface area contributed by atoms with Crippen LogP contribution >= 0.6 is 0 Å². The van der Waals surface area contributed by atoms with Crippen LogP contribution in [-0.4, -0.2) is 51.1 Å². The summed E-state index contributed by atoms with van der Waals surface area (Å²) in [6.07, 6.45) is 1.56. The molecule has 0 fully saturated rings. The number of fused-ring (bicyclic) bond motifs is 20. The molecular formula is C70H58O10. The van der Waals surface area contributed by atoms with Crippen molar-refractivity contribution in [1.29, 1.82) is 0 Å². The van der Waals surface area contributed by atoms with Gasteiger partial charge in [0, 0.05) is 64.2 Å². The lowest BCUT2D eigenvalue weighted by atomic mass is 9.87. The van der Waals surface area contributed by atoms with Crippen molar-refractivity contribution in [1.82, 2.24) is 0 Å². The van der Waals surface area contributed by atoms with E-state index in [1.807, 2.05) is 72.8 Å². The zero-order valence-electron chi connectivity index (χ0n) is 43.7. The van der Waals surface area contributed by atoms with Crippen molar-refractivity contribution in [2.75, 3.05) is 0 Å². The van der Waals surface area contributed by atoms with Crippen molar-refractivity contribution in [3.63, 3.8) is 0 Å².